The number of hydrogen-bond donors (Lipinski definition) is 1. The molecule has 1 aliphatic rings. The maximum absolute atomic E-state index is 13.5. The summed E-state index contributed by atoms with van der Waals surface area (Å²) >= 11 is 5.94. The summed E-state index contributed by atoms with van der Waals surface area (Å²) in [5.74, 6) is -0.513. The van der Waals surface area contributed by atoms with Gasteiger partial charge in [0, 0.05) is 19.7 Å². The zero-order valence-corrected chi connectivity index (χ0v) is 14.7. The molecule has 0 unspecified atom stereocenters. The van der Waals surface area contributed by atoms with Crippen molar-refractivity contribution in [1.82, 2.24) is 4.31 Å². The number of hydrogen-bond acceptors (Lipinski definition) is 4. The SMILES string of the molecule is Cc1cc(S(=O)(=O)N2CCC(OCCCN)CC2)c(Cl)cc1F. The van der Waals surface area contributed by atoms with Crippen molar-refractivity contribution in [3.63, 3.8) is 0 Å². The van der Waals surface area contributed by atoms with Gasteiger partial charge in [-0.05, 0) is 50.4 Å². The molecule has 0 atom stereocenters. The number of benzene rings is 1. The molecule has 0 amide bonds. The van der Waals surface area contributed by atoms with Crippen LogP contribution in [0.5, 0.6) is 0 Å². The summed E-state index contributed by atoms with van der Waals surface area (Å²) in [5.41, 5.74) is 5.68. The molecule has 5 nitrogen and oxygen atoms in total. The van der Waals surface area contributed by atoms with Gasteiger partial charge < -0.3 is 10.5 Å². The molecule has 0 aromatic heterocycles. The second-order valence-corrected chi connectivity index (χ2v) is 7.96. The third-order valence-corrected chi connectivity index (χ3v) is 6.30. The van der Waals surface area contributed by atoms with Gasteiger partial charge in [-0.3, -0.25) is 0 Å². The average Bonchev–Trinajstić information content (AvgIpc) is 2.51. The molecule has 23 heavy (non-hydrogen) atoms. The van der Waals surface area contributed by atoms with E-state index < -0.39 is 15.8 Å². The molecule has 0 bridgehead atoms. The van der Waals surface area contributed by atoms with Crippen LogP contribution >= 0.6 is 11.6 Å². The van der Waals surface area contributed by atoms with E-state index in [4.69, 9.17) is 22.1 Å². The molecule has 1 aromatic carbocycles. The first-order chi connectivity index (χ1) is 10.9. The maximum atomic E-state index is 13.5. The van der Waals surface area contributed by atoms with Crippen molar-refractivity contribution in [3.8, 4) is 0 Å². The predicted molar refractivity (Wildman–Crippen MR) is 87.6 cm³/mol. The lowest BCUT2D eigenvalue weighted by Gasteiger charge is -2.31. The minimum Gasteiger partial charge on any atom is -0.378 e. The third-order valence-electron chi connectivity index (χ3n) is 3.93. The molecule has 1 heterocycles. The van der Waals surface area contributed by atoms with Crippen LogP contribution in [0.2, 0.25) is 5.02 Å². The molecule has 0 spiro atoms. The first-order valence-corrected chi connectivity index (χ1v) is 9.45. The highest BCUT2D eigenvalue weighted by Gasteiger charge is 2.31. The number of nitrogens with two attached hydrogens (primary N) is 1. The van der Waals surface area contributed by atoms with Crippen molar-refractivity contribution >= 4 is 21.6 Å². The van der Waals surface area contributed by atoms with Crippen LogP contribution in [0.25, 0.3) is 0 Å². The molecular formula is C15H22ClFN2O3S. The minimum atomic E-state index is -3.72. The molecule has 1 aliphatic heterocycles. The van der Waals surface area contributed by atoms with Gasteiger partial charge in [0.1, 0.15) is 10.7 Å². The number of piperidine rings is 1. The maximum Gasteiger partial charge on any atom is 0.244 e. The highest BCUT2D eigenvalue weighted by Crippen LogP contribution is 2.29. The third kappa shape index (κ3) is 4.42. The molecule has 1 aromatic rings. The molecule has 130 valence electrons. The van der Waals surface area contributed by atoms with E-state index in [1.54, 1.807) is 0 Å². The molecular weight excluding hydrogens is 343 g/mol. The summed E-state index contributed by atoms with van der Waals surface area (Å²) in [6.45, 7) is 3.42. The van der Waals surface area contributed by atoms with Gasteiger partial charge in [-0.2, -0.15) is 4.31 Å². The molecule has 8 heteroatoms. The Morgan fingerprint density at radius 1 is 1.39 bits per heavy atom. The Hall–Kier alpha value is -0.730. The van der Waals surface area contributed by atoms with E-state index in [9.17, 15) is 12.8 Å². The number of sulfonamides is 1. The monoisotopic (exact) mass is 364 g/mol. The summed E-state index contributed by atoms with van der Waals surface area (Å²) in [7, 11) is -3.72. The van der Waals surface area contributed by atoms with Crippen LogP contribution in [0.4, 0.5) is 4.39 Å². The molecule has 1 fully saturated rings. The number of aryl methyl sites for hydroxylation is 1. The van der Waals surface area contributed by atoms with E-state index in [0.717, 1.165) is 12.5 Å². The van der Waals surface area contributed by atoms with E-state index in [1.807, 2.05) is 0 Å². The summed E-state index contributed by atoms with van der Waals surface area (Å²) in [6.07, 6.45) is 2.10. The van der Waals surface area contributed by atoms with Gasteiger partial charge in [0.15, 0.2) is 0 Å². The Morgan fingerprint density at radius 3 is 2.65 bits per heavy atom. The van der Waals surface area contributed by atoms with Gasteiger partial charge in [-0.1, -0.05) is 11.6 Å². The van der Waals surface area contributed by atoms with Crippen LogP contribution in [0, 0.1) is 12.7 Å². The Labute approximate surface area is 141 Å². The van der Waals surface area contributed by atoms with Crippen molar-refractivity contribution in [1.29, 1.82) is 0 Å². The summed E-state index contributed by atoms with van der Waals surface area (Å²) in [4.78, 5) is -0.0411. The number of rotatable bonds is 6. The fraction of sp³-hybridized carbons (Fsp3) is 0.600. The van der Waals surface area contributed by atoms with Gasteiger partial charge in [-0.25, -0.2) is 12.8 Å². The van der Waals surface area contributed by atoms with E-state index in [1.165, 1.54) is 17.3 Å². The van der Waals surface area contributed by atoms with Crippen molar-refractivity contribution < 1.29 is 17.5 Å². The van der Waals surface area contributed by atoms with Crippen molar-refractivity contribution in [2.24, 2.45) is 5.73 Å². The summed E-state index contributed by atoms with van der Waals surface area (Å²) < 4.78 is 45.9. The zero-order valence-electron chi connectivity index (χ0n) is 13.1. The predicted octanol–water partition coefficient (Wildman–Crippen LogP) is 2.31. The van der Waals surface area contributed by atoms with E-state index >= 15 is 0 Å². The lowest BCUT2D eigenvalue weighted by Crippen LogP contribution is -2.41. The first-order valence-electron chi connectivity index (χ1n) is 7.63. The highest BCUT2D eigenvalue weighted by atomic mass is 35.5. The van der Waals surface area contributed by atoms with Crippen molar-refractivity contribution in [2.45, 2.75) is 37.2 Å². The van der Waals surface area contributed by atoms with E-state index in [-0.39, 0.29) is 21.6 Å². The van der Waals surface area contributed by atoms with Crippen LogP contribution < -0.4 is 5.73 Å². The quantitative estimate of drug-likeness (QED) is 0.786. The van der Waals surface area contributed by atoms with E-state index in [0.29, 0.717) is 39.1 Å². The van der Waals surface area contributed by atoms with Gasteiger partial charge >= 0.3 is 0 Å². The van der Waals surface area contributed by atoms with Crippen LogP contribution in [0.1, 0.15) is 24.8 Å². The van der Waals surface area contributed by atoms with Crippen LogP contribution in [-0.4, -0.2) is 45.1 Å². The van der Waals surface area contributed by atoms with Crippen LogP contribution in [0.3, 0.4) is 0 Å². The molecule has 0 saturated carbocycles. The fourth-order valence-electron chi connectivity index (χ4n) is 2.54. The largest absolute Gasteiger partial charge is 0.378 e. The smallest absolute Gasteiger partial charge is 0.244 e. The van der Waals surface area contributed by atoms with Gasteiger partial charge in [0.05, 0.1) is 11.1 Å². The number of nitrogens with zero attached hydrogens (tertiary/aromatic N) is 1. The summed E-state index contributed by atoms with van der Waals surface area (Å²) in [5, 5.41) is -0.0885. The molecule has 2 rings (SSSR count). The Bertz CT molecular complexity index is 646. The molecule has 2 N–H and O–H groups in total. The van der Waals surface area contributed by atoms with Crippen LogP contribution in [-0.2, 0) is 14.8 Å². The zero-order chi connectivity index (χ0) is 17.0. The standard InChI is InChI=1S/C15H22ClFN2O3S/c1-11-9-15(13(16)10-14(11)17)23(20,21)19-6-3-12(4-7-19)22-8-2-5-18/h9-10,12H,2-8,18H2,1H3. The Morgan fingerprint density at radius 2 is 2.04 bits per heavy atom. The van der Waals surface area contributed by atoms with Gasteiger partial charge in [0.25, 0.3) is 0 Å². The lowest BCUT2D eigenvalue weighted by atomic mass is 10.1. The second kappa shape index (κ2) is 7.90. The van der Waals surface area contributed by atoms with Gasteiger partial charge in [-0.15, -0.1) is 0 Å². The molecule has 0 aliphatic carbocycles. The normalized spacial score (nSPS) is 17.6. The Balaban J connectivity index is 2.06. The Kier molecular flexibility index (Phi) is 6.39. The fourth-order valence-corrected chi connectivity index (χ4v) is 4.58. The van der Waals surface area contributed by atoms with E-state index in [2.05, 4.69) is 0 Å². The van der Waals surface area contributed by atoms with Crippen molar-refractivity contribution in [3.05, 3.63) is 28.5 Å². The molecule has 1 saturated heterocycles. The molecule has 0 radical (unpaired) electrons. The van der Waals surface area contributed by atoms with Gasteiger partial charge in [0.2, 0.25) is 10.0 Å². The van der Waals surface area contributed by atoms with Crippen LogP contribution in [0.15, 0.2) is 17.0 Å². The highest BCUT2D eigenvalue weighted by molar-refractivity contribution is 7.89. The first kappa shape index (κ1) is 18.6. The second-order valence-electron chi connectivity index (χ2n) is 5.65. The minimum absolute atomic E-state index is 0.0411. The lowest BCUT2D eigenvalue weighted by molar-refractivity contribution is 0.0209. The topological polar surface area (TPSA) is 72.6 Å². The number of halogens is 2. The average molecular weight is 365 g/mol. The summed E-state index contributed by atoms with van der Waals surface area (Å²) in [6, 6.07) is 2.34. The van der Waals surface area contributed by atoms with Crippen molar-refractivity contribution in [2.75, 3.05) is 26.2 Å². The number of ether oxygens (including phenoxy) is 1.